The number of ether oxygens (including phenoxy) is 1. The van der Waals surface area contributed by atoms with Crippen molar-refractivity contribution in [2.24, 2.45) is 0 Å². The van der Waals surface area contributed by atoms with Gasteiger partial charge in [-0.1, -0.05) is 0 Å². The fourth-order valence-corrected chi connectivity index (χ4v) is 3.10. The molecule has 0 aliphatic heterocycles. The van der Waals surface area contributed by atoms with E-state index in [0.717, 1.165) is 17.7 Å². The molecule has 0 amide bonds. The molecule has 20 heavy (non-hydrogen) atoms. The van der Waals surface area contributed by atoms with Gasteiger partial charge in [-0.15, -0.1) is 11.3 Å². The lowest BCUT2D eigenvalue weighted by atomic mass is 10.1. The average Bonchev–Trinajstić information content (AvgIpc) is 2.83. The fourth-order valence-electron chi connectivity index (χ4n) is 2.08. The van der Waals surface area contributed by atoms with Gasteiger partial charge in [0.1, 0.15) is 11.5 Å². The van der Waals surface area contributed by atoms with E-state index in [0.29, 0.717) is 18.3 Å². The Morgan fingerprint density at radius 1 is 1.30 bits per heavy atom. The van der Waals surface area contributed by atoms with Crippen LogP contribution in [-0.4, -0.2) is 18.3 Å². The van der Waals surface area contributed by atoms with Crippen LogP contribution in [0.1, 0.15) is 22.2 Å². The predicted molar refractivity (Wildman–Crippen MR) is 83.7 cm³/mol. The van der Waals surface area contributed by atoms with Crippen LogP contribution in [0.2, 0.25) is 0 Å². The van der Waals surface area contributed by atoms with Gasteiger partial charge in [-0.05, 0) is 50.6 Å². The van der Waals surface area contributed by atoms with Gasteiger partial charge < -0.3 is 15.2 Å². The number of phenols is 1. The van der Waals surface area contributed by atoms with Crippen molar-refractivity contribution in [1.82, 2.24) is 5.32 Å². The van der Waals surface area contributed by atoms with E-state index in [4.69, 9.17) is 4.74 Å². The van der Waals surface area contributed by atoms with Gasteiger partial charge in [-0.2, -0.15) is 0 Å². The number of aromatic hydroxyl groups is 1. The Morgan fingerprint density at radius 2 is 2.10 bits per heavy atom. The Balaban J connectivity index is 1.91. The van der Waals surface area contributed by atoms with E-state index in [1.807, 2.05) is 17.4 Å². The van der Waals surface area contributed by atoms with Crippen LogP contribution in [0.15, 0.2) is 30.3 Å². The summed E-state index contributed by atoms with van der Waals surface area (Å²) in [5.41, 5.74) is 0.860. The van der Waals surface area contributed by atoms with Gasteiger partial charge >= 0.3 is 0 Å². The molecule has 1 atom stereocenters. The molecule has 0 fully saturated rings. The molecule has 1 heterocycles. The van der Waals surface area contributed by atoms with Crippen molar-refractivity contribution in [3.8, 4) is 11.5 Å². The van der Waals surface area contributed by atoms with Crippen molar-refractivity contribution >= 4 is 11.3 Å². The standard InChI is InChI=1S/C16H21NO2S/c1-11(8-15-6-4-12(2)20-15)17-10-13-9-14(19-3)5-7-16(13)18/h4-7,9,11,17-18H,8,10H2,1-3H3. The molecule has 2 aromatic rings. The van der Waals surface area contributed by atoms with Crippen LogP contribution in [0.25, 0.3) is 0 Å². The first-order valence-corrected chi connectivity index (χ1v) is 7.54. The third-order valence-corrected chi connectivity index (χ3v) is 4.25. The number of aryl methyl sites for hydroxylation is 1. The summed E-state index contributed by atoms with van der Waals surface area (Å²) in [6.07, 6.45) is 1.00. The Bertz CT molecular complexity index is 565. The smallest absolute Gasteiger partial charge is 0.120 e. The third-order valence-electron chi connectivity index (χ3n) is 3.23. The molecule has 2 N–H and O–H groups in total. The Kier molecular flexibility index (Phi) is 5.04. The summed E-state index contributed by atoms with van der Waals surface area (Å²) >= 11 is 1.84. The minimum absolute atomic E-state index is 0.303. The molecule has 3 nitrogen and oxygen atoms in total. The number of thiophene rings is 1. The molecule has 108 valence electrons. The highest BCUT2D eigenvalue weighted by Crippen LogP contribution is 2.23. The third kappa shape index (κ3) is 3.99. The zero-order valence-corrected chi connectivity index (χ0v) is 13.0. The van der Waals surface area contributed by atoms with E-state index >= 15 is 0 Å². The molecule has 0 aliphatic carbocycles. The molecule has 0 saturated heterocycles. The Labute approximate surface area is 124 Å². The number of hydrogen-bond acceptors (Lipinski definition) is 4. The maximum Gasteiger partial charge on any atom is 0.120 e. The molecule has 2 rings (SSSR count). The largest absolute Gasteiger partial charge is 0.508 e. The van der Waals surface area contributed by atoms with Crippen molar-refractivity contribution in [2.75, 3.05) is 7.11 Å². The van der Waals surface area contributed by atoms with Gasteiger partial charge in [0, 0.05) is 27.9 Å². The molecular weight excluding hydrogens is 270 g/mol. The van der Waals surface area contributed by atoms with Gasteiger partial charge in [0.2, 0.25) is 0 Å². The topological polar surface area (TPSA) is 41.5 Å². The highest BCUT2D eigenvalue weighted by atomic mass is 32.1. The van der Waals surface area contributed by atoms with Crippen molar-refractivity contribution in [3.05, 3.63) is 45.6 Å². The normalized spacial score (nSPS) is 12.3. The summed E-state index contributed by atoms with van der Waals surface area (Å²) in [7, 11) is 1.63. The zero-order valence-electron chi connectivity index (χ0n) is 12.1. The lowest BCUT2D eigenvalue weighted by Crippen LogP contribution is -2.27. The van der Waals surface area contributed by atoms with E-state index in [2.05, 4.69) is 31.3 Å². The molecule has 0 spiro atoms. The van der Waals surface area contributed by atoms with Crippen molar-refractivity contribution in [2.45, 2.75) is 32.9 Å². The van der Waals surface area contributed by atoms with Crippen molar-refractivity contribution in [1.29, 1.82) is 0 Å². The van der Waals surface area contributed by atoms with Crippen molar-refractivity contribution in [3.63, 3.8) is 0 Å². The molecule has 1 aromatic carbocycles. The maximum absolute atomic E-state index is 9.84. The van der Waals surface area contributed by atoms with Gasteiger partial charge in [-0.25, -0.2) is 0 Å². The van der Waals surface area contributed by atoms with E-state index in [-0.39, 0.29) is 0 Å². The lowest BCUT2D eigenvalue weighted by molar-refractivity contribution is 0.409. The number of nitrogens with one attached hydrogen (secondary N) is 1. The highest BCUT2D eigenvalue weighted by Gasteiger charge is 2.08. The fraction of sp³-hybridized carbons (Fsp3) is 0.375. The lowest BCUT2D eigenvalue weighted by Gasteiger charge is -2.14. The van der Waals surface area contributed by atoms with Gasteiger partial charge in [0.05, 0.1) is 7.11 Å². The second-order valence-electron chi connectivity index (χ2n) is 4.99. The van der Waals surface area contributed by atoms with Gasteiger partial charge in [-0.3, -0.25) is 0 Å². The number of hydrogen-bond donors (Lipinski definition) is 2. The minimum Gasteiger partial charge on any atom is -0.508 e. The first kappa shape index (κ1) is 14.9. The quantitative estimate of drug-likeness (QED) is 0.856. The summed E-state index contributed by atoms with van der Waals surface area (Å²) in [5, 5.41) is 13.3. The summed E-state index contributed by atoms with van der Waals surface area (Å²) in [4.78, 5) is 2.73. The summed E-state index contributed by atoms with van der Waals surface area (Å²) in [6, 6.07) is 9.99. The number of methoxy groups -OCH3 is 1. The van der Waals surface area contributed by atoms with Crippen LogP contribution in [0, 0.1) is 6.92 Å². The molecule has 0 aliphatic rings. The first-order valence-electron chi connectivity index (χ1n) is 6.73. The predicted octanol–water partition coefficient (Wildman–Crippen LogP) is 3.49. The molecule has 1 unspecified atom stereocenters. The Morgan fingerprint density at radius 3 is 2.75 bits per heavy atom. The SMILES string of the molecule is COc1ccc(O)c(CNC(C)Cc2ccc(C)s2)c1. The average molecular weight is 291 g/mol. The summed E-state index contributed by atoms with van der Waals surface area (Å²) in [6.45, 7) is 4.92. The number of benzene rings is 1. The number of rotatable bonds is 6. The van der Waals surface area contributed by atoms with Crippen LogP contribution in [-0.2, 0) is 13.0 Å². The molecule has 0 saturated carbocycles. The minimum atomic E-state index is 0.303. The van der Waals surface area contributed by atoms with Crippen LogP contribution < -0.4 is 10.1 Å². The summed E-state index contributed by atoms with van der Waals surface area (Å²) < 4.78 is 5.18. The van der Waals surface area contributed by atoms with Crippen LogP contribution in [0.3, 0.4) is 0 Å². The van der Waals surface area contributed by atoms with Gasteiger partial charge in [0.25, 0.3) is 0 Å². The monoisotopic (exact) mass is 291 g/mol. The summed E-state index contributed by atoms with van der Waals surface area (Å²) in [5.74, 6) is 1.07. The second-order valence-corrected chi connectivity index (χ2v) is 6.37. The van der Waals surface area contributed by atoms with E-state index in [1.165, 1.54) is 9.75 Å². The molecular formula is C16H21NO2S. The van der Waals surface area contributed by atoms with Gasteiger partial charge in [0.15, 0.2) is 0 Å². The van der Waals surface area contributed by atoms with Crippen LogP contribution in [0.5, 0.6) is 11.5 Å². The van der Waals surface area contributed by atoms with E-state index in [9.17, 15) is 5.11 Å². The molecule has 0 bridgehead atoms. The van der Waals surface area contributed by atoms with Crippen LogP contribution in [0.4, 0.5) is 0 Å². The Hall–Kier alpha value is -1.52. The molecule has 0 radical (unpaired) electrons. The van der Waals surface area contributed by atoms with Crippen molar-refractivity contribution < 1.29 is 9.84 Å². The first-order chi connectivity index (χ1) is 9.58. The highest BCUT2D eigenvalue weighted by molar-refractivity contribution is 7.11. The second kappa shape index (κ2) is 6.77. The molecule has 1 aromatic heterocycles. The zero-order chi connectivity index (χ0) is 14.5. The maximum atomic E-state index is 9.84. The number of phenolic OH excluding ortho intramolecular Hbond substituents is 1. The van der Waals surface area contributed by atoms with E-state index < -0.39 is 0 Å². The van der Waals surface area contributed by atoms with Crippen LogP contribution >= 0.6 is 11.3 Å². The molecule has 4 heteroatoms. The van der Waals surface area contributed by atoms with E-state index in [1.54, 1.807) is 19.2 Å².